The van der Waals surface area contributed by atoms with E-state index in [2.05, 4.69) is 83.5 Å². The third kappa shape index (κ3) is 3.02. The summed E-state index contributed by atoms with van der Waals surface area (Å²) in [6.45, 7) is 2.12. The molecule has 3 aromatic rings. The van der Waals surface area contributed by atoms with Crippen molar-refractivity contribution in [3.8, 4) is 0 Å². The van der Waals surface area contributed by atoms with Crippen LogP contribution in [0, 0.1) is 6.92 Å². The second-order valence-electron chi connectivity index (χ2n) is 5.45. The van der Waals surface area contributed by atoms with Crippen LogP contribution >= 0.6 is 15.9 Å². The van der Waals surface area contributed by atoms with Crippen LogP contribution in [0.3, 0.4) is 0 Å². The molecule has 0 aliphatic rings. The molecule has 0 aromatic heterocycles. The van der Waals surface area contributed by atoms with Crippen molar-refractivity contribution in [3.63, 3.8) is 0 Å². The van der Waals surface area contributed by atoms with Gasteiger partial charge in [-0.3, -0.25) is 0 Å². The fourth-order valence-corrected chi connectivity index (χ4v) is 3.21. The highest BCUT2D eigenvalue weighted by molar-refractivity contribution is 9.10. The van der Waals surface area contributed by atoms with E-state index in [0.717, 1.165) is 10.9 Å². The van der Waals surface area contributed by atoms with Crippen molar-refractivity contribution in [2.24, 2.45) is 5.73 Å². The third-order valence-electron chi connectivity index (χ3n) is 3.96. The number of nitrogens with two attached hydrogens (primary N) is 1. The van der Waals surface area contributed by atoms with Gasteiger partial charge in [-0.05, 0) is 52.9 Å². The number of fused-ring (bicyclic) bond motifs is 1. The van der Waals surface area contributed by atoms with Crippen LogP contribution in [0.25, 0.3) is 10.8 Å². The van der Waals surface area contributed by atoms with Crippen LogP contribution in [0.4, 0.5) is 0 Å². The molecule has 2 N–H and O–H groups in total. The van der Waals surface area contributed by atoms with E-state index in [-0.39, 0.29) is 6.04 Å². The molecule has 3 rings (SSSR count). The second-order valence-corrected chi connectivity index (χ2v) is 6.37. The van der Waals surface area contributed by atoms with Crippen molar-refractivity contribution in [2.45, 2.75) is 19.4 Å². The highest BCUT2D eigenvalue weighted by Crippen LogP contribution is 2.26. The van der Waals surface area contributed by atoms with E-state index in [4.69, 9.17) is 5.73 Å². The average Bonchev–Trinajstić information content (AvgIpc) is 2.50. The summed E-state index contributed by atoms with van der Waals surface area (Å²) >= 11 is 3.53. The first-order chi connectivity index (χ1) is 10.1. The maximum absolute atomic E-state index is 6.47. The zero-order valence-corrected chi connectivity index (χ0v) is 13.6. The third-order valence-corrected chi connectivity index (χ3v) is 4.45. The molecule has 0 saturated heterocycles. The smallest absolute Gasteiger partial charge is 0.0339 e. The Labute approximate surface area is 133 Å². The maximum atomic E-state index is 6.47. The highest BCUT2D eigenvalue weighted by atomic mass is 79.9. The molecule has 0 amide bonds. The Kier molecular flexibility index (Phi) is 4.09. The van der Waals surface area contributed by atoms with E-state index in [1.807, 2.05) is 0 Å². The number of hydrogen-bond acceptors (Lipinski definition) is 1. The van der Waals surface area contributed by atoms with Crippen LogP contribution in [-0.2, 0) is 6.42 Å². The van der Waals surface area contributed by atoms with Gasteiger partial charge in [-0.15, -0.1) is 0 Å². The van der Waals surface area contributed by atoms with E-state index < -0.39 is 0 Å². The largest absolute Gasteiger partial charge is 0.324 e. The summed E-state index contributed by atoms with van der Waals surface area (Å²) < 4.78 is 1.08. The van der Waals surface area contributed by atoms with Gasteiger partial charge in [-0.2, -0.15) is 0 Å². The Morgan fingerprint density at radius 1 is 1.00 bits per heavy atom. The van der Waals surface area contributed by atoms with E-state index >= 15 is 0 Å². The molecule has 1 unspecified atom stereocenters. The molecular formula is C19H18BrN. The molecular weight excluding hydrogens is 322 g/mol. The summed E-state index contributed by atoms with van der Waals surface area (Å²) in [4.78, 5) is 0. The Morgan fingerprint density at radius 2 is 1.76 bits per heavy atom. The van der Waals surface area contributed by atoms with Crippen LogP contribution in [0.1, 0.15) is 22.7 Å². The summed E-state index contributed by atoms with van der Waals surface area (Å²) in [5.74, 6) is 0. The minimum atomic E-state index is 0.00769. The molecule has 0 spiro atoms. The predicted octanol–water partition coefficient (Wildman–Crippen LogP) is 5.15. The first-order valence-electron chi connectivity index (χ1n) is 7.13. The Hall–Kier alpha value is -1.64. The number of benzene rings is 3. The van der Waals surface area contributed by atoms with Crippen LogP contribution < -0.4 is 5.73 Å². The van der Waals surface area contributed by atoms with Gasteiger partial charge in [0, 0.05) is 10.5 Å². The number of rotatable bonds is 3. The van der Waals surface area contributed by atoms with Gasteiger partial charge in [0.05, 0.1) is 0 Å². The molecule has 0 bridgehead atoms. The van der Waals surface area contributed by atoms with Crippen molar-refractivity contribution >= 4 is 26.7 Å². The van der Waals surface area contributed by atoms with Gasteiger partial charge in [-0.1, -0.05) is 64.5 Å². The highest BCUT2D eigenvalue weighted by Gasteiger charge is 2.12. The van der Waals surface area contributed by atoms with Gasteiger partial charge in [0.25, 0.3) is 0 Å². The summed E-state index contributed by atoms with van der Waals surface area (Å²) in [6, 6.07) is 21.2. The van der Waals surface area contributed by atoms with Gasteiger partial charge in [0.15, 0.2) is 0 Å². The van der Waals surface area contributed by atoms with Gasteiger partial charge in [0.2, 0.25) is 0 Å². The lowest BCUT2D eigenvalue weighted by molar-refractivity contribution is 0.719. The standard InChI is InChI=1S/C19H18BrN/c1-13-9-10-16(20)12-18(13)19(21)11-15-7-4-6-14-5-2-3-8-17(14)15/h2-10,12,19H,11,21H2,1H3. The lowest BCUT2D eigenvalue weighted by Gasteiger charge is -2.16. The van der Waals surface area contributed by atoms with Crippen LogP contribution in [0.15, 0.2) is 65.1 Å². The Bertz CT molecular complexity index is 774. The average molecular weight is 340 g/mol. The fourth-order valence-electron chi connectivity index (χ4n) is 2.83. The SMILES string of the molecule is Cc1ccc(Br)cc1C(N)Cc1cccc2ccccc12. The molecule has 0 heterocycles. The molecule has 21 heavy (non-hydrogen) atoms. The minimum Gasteiger partial charge on any atom is -0.324 e. The second kappa shape index (κ2) is 6.00. The number of halogens is 1. The van der Waals surface area contributed by atoms with E-state index in [0.29, 0.717) is 0 Å². The molecule has 3 aromatic carbocycles. The number of aryl methyl sites for hydroxylation is 1. The molecule has 0 aliphatic heterocycles. The monoisotopic (exact) mass is 339 g/mol. The van der Waals surface area contributed by atoms with Gasteiger partial charge in [0.1, 0.15) is 0 Å². The minimum absolute atomic E-state index is 0.00769. The first-order valence-corrected chi connectivity index (χ1v) is 7.93. The Balaban J connectivity index is 1.96. The molecule has 106 valence electrons. The van der Waals surface area contributed by atoms with Gasteiger partial charge < -0.3 is 5.73 Å². The van der Waals surface area contributed by atoms with Crippen LogP contribution in [0.5, 0.6) is 0 Å². The topological polar surface area (TPSA) is 26.0 Å². The number of hydrogen-bond donors (Lipinski definition) is 1. The van der Waals surface area contributed by atoms with Gasteiger partial charge in [-0.25, -0.2) is 0 Å². The van der Waals surface area contributed by atoms with E-state index in [1.165, 1.54) is 27.5 Å². The lowest BCUT2D eigenvalue weighted by atomic mass is 9.93. The summed E-state index contributed by atoms with van der Waals surface area (Å²) in [6.07, 6.45) is 0.846. The quantitative estimate of drug-likeness (QED) is 0.701. The van der Waals surface area contributed by atoms with E-state index in [1.54, 1.807) is 0 Å². The molecule has 1 nitrogen and oxygen atoms in total. The molecule has 0 fully saturated rings. The summed E-state index contributed by atoms with van der Waals surface area (Å²) in [7, 11) is 0. The maximum Gasteiger partial charge on any atom is 0.0339 e. The van der Waals surface area contributed by atoms with Crippen molar-refractivity contribution in [3.05, 3.63) is 81.8 Å². The first kappa shape index (κ1) is 14.3. The predicted molar refractivity (Wildman–Crippen MR) is 93.5 cm³/mol. The Morgan fingerprint density at radius 3 is 2.62 bits per heavy atom. The fraction of sp³-hybridized carbons (Fsp3) is 0.158. The zero-order valence-electron chi connectivity index (χ0n) is 12.0. The summed E-state index contributed by atoms with van der Waals surface area (Å²) in [5, 5.41) is 2.57. The summed E-state index contributed by atoms with van der Waals surface area (Å²) in [5.41, 5.74) is 10.2. The lowest BCUT2D eigenvalue weighted by Crippen LogP contribution is -2.15. The zero-order chi connectivity index (χ0) is 14.8. The van der Waals surface area contributed by atoms with Crippen molar-refractivity contribution in [1.82, 2.24) is 0 Å². The molecule has 0 saturated carbocycles. The van der Waals surface area contributed by atoms with Crippen LogP contribution in [-0.4, -0.2) is 0 Å². The molecule has 1 atom stereocenters. The molecule has 0 radical (unpaired) electrons. The van der Waals surface area contributed by atoms with Crippen molar-refractivity contribution in [2.75, 3.05) is 0 Å². The van der Waals surface area contributed by atoms with Crippen molar-refractivity contribution < 1.29 is 0 Å². The molecule has 0 aliphatic carbocycles. The van der Waals surface area contributed by atoms with Gasteiger partial charge >= 0.3 is 0 Å². The van der Waals surface area contributed by atoms with E-state index in [9.17, 15) is 0 Å². The van der Waals surface area contributed by atoms with Crippen LogP contribution in [0.2, 0.25) is 0 Å². The van der Waals surface area contributed by atoms with Crippen molar-refractivity contribution in [1.29, 1.82) is 0 Å². The molecule has 2 heteroatoms. The normalized spacial score (nSPS) is 12.5.